The molecule has 0 aromatic carbocycles. The first-order valence-electron chi connectivity index (χ1n) is 5.76. The molecule has 1 aromatic rings. The van der Waals surface area contributed by atoms with Crippen LogP contribution in [0.2, 0.25) is 0 Å². The highest BCUT2D eigenvalue weighted by Gasteiger charge is 2.22. The Morgan fingerprint density at radius 1 is 1.56 bits per heavy atom. The number of hydrogen-bond donors (Lipinski definition) is 2. The van der Waals surface area contributed by atoms with Gasteiger partial charge in [0.15, 0.2) is 5.82 Å². The fourth-order valence-electron chi connectivity index (χ4n) is 1.66. The zero-order chi connectivity index (χ0) is 13.7. The molecule has 18 heavy (non-hydrogen) atoms. The molecular weight excluding hydrogens is 252 g/mol. The molecule has 0 aliphatic rings. The Labute approximate surface area is 111 Å². The number of primary amides is 1. The SMILES string of the molecule is COCCN(CC(C)C)c1snc(N)c1C(N)=O. The van der Waals surface area contributed by atoms with Crippen LogP contribution >= 0.6 is 11.5 Å². The van der Waals surface area contributed by atoms with Crippen LogP contribution in [0.3, 0.4) is 0 Å². The minimum Gasteiger partial charge on any atom is -0.383 e. The Morgan fingerprint density at radius 2 is 2.22 bits per heavy atom. The summed E-state index contributed by atoms with van der Waals surface area (Å²) in [5, 5.41) is 0.728. The van der Waals surface area contributed by atoms with Gasteiger partial charge in [-0.2, -0.15) is 4.37 Å². The van der Waals surface area contributed by atoms with E-state index in [1.54, 1.807) is 7.11 Å². The predicted octanol–water partition coefficient (Wildman–Crippen LogP) is 0.933. The van der Waals surface area contributed by atoms with E-state index in [4.69, 9.17) is 16.2 Å². The standard InChI is InChI=1S/C11H20N4O2S/c1-7(2)6-15(4-5-17-3)11-8(10(13)16)9(12)14-18-11/h7H,4-6H2,1-3H3,(H2,12,14)(H2,13,16). The molecule has 0 atom stereocenters. The molecule has 6 nitrogen and oxygen atoms in total. The van der Waals surface area contributed by atoms with Crippen molar-refractivity contribution in [2.24, 2.45) is 11.7 Å². The summed E-state index contributed by atoms with van der Waals surface area (Å²) in [7, 11) is 1.64. The summed E-state index contributed by atoms with van der Waals surface area (Å²) in [5.74, 6) is 0.113. The molecule has 0 aliphatic carbocycles. The van der Waals surface area contributed by atoms with Crippen LogP contribution in [0.25, 0.3) is 0 Å². The second kappa shape index (κ2) is 6.55. The average molecular weight is 272 g/mol. The van der Waals surface area contributed by atoms with Gasteiger partial charge >= 0.3 is 0 Å². The number of methoxy groups -OCH3 is 1. The van der Waals surface area contributed by atoms with Crippen LogP contribution in [0.15, 0.2) is 0 Å². The van der Waals surface area contributed by atoms with Gasteiger partial charge in [-0.3, -0.25) is 4.79 Å². The lowest BCUT2D eigenvalue weighted by Gasteiger charge is -2.25. The summed E-state index contributed by atoms with van der Waals surface area (Å²) < 4.78 is 9.09. The van der Waals surface area contributed by atoms with E-state index in [1.165, 1.54) is 11.5 Å². The van der Waals surface area contributed by atoms with Crippen LogP contribution < -0.4 is 16.4 Å². The third-order valence-electron chi connectivity index (χ3n) is 2.38. The van der Waals surface area contributed by atoms with E-state index in [2.05, 4.69) is 18.2 Å². The molecule has 1 amide bonds. The molecule has 7 heteroatoms. The van der Waals surface area contributed by atoms with Gasteiger partial charge in [-0.1, -0.05) is 13.8 Å². The lowest BCUT2D eigenvalue weighted by Crippen LogP contribution is -2.32. The minimum atomic E-state index is -0.539. The lowest BCUT2D eigenvalue weighted by atomic mass is 10.2. The zero-order valence-electron chi connectivity index (χ0n) is 11.0. The molecule has 0 aliphatic heterocycles. The Bertz CT molecular complexity index is 406. The average Bonchev–Trinajstić information content (AvgIpc) is 2.65. The summed E-state index contributed by atoms with van der Waals surface area (Å²) in [5.41, 5.74) is 11.3. The molecule has 0 fully saturated rings. The number of hydrogen-bond acceptors (Lipinski definition) is 6. The molecular formula is C11H20N4O2S. The summed E-state index contributed by atoms with van der Waals surface area (Å²) in [6.07, 6.45) is 0. The number of amides is 1. The molecule has 0 saturated heterocycles. The van der Waals surface area contributed by atoms with Crippen molar-refractivity contribution in [3.8, 4) is 0 Å². The number of anilines is 2. The number of nitrogen functional groups attached to an aromatic ring is 1. The lowest BCUT2D eigenvalue weighted by molar-refractivity contribution is 0.100. The van der Waals surface area contributed by atoms with Crippen LogP contribution in [-0.2, 0) is 4.74 Å². The van der Waals surface area contributed by atoms with Gasteiger partial charge in [0.1, 0.15) is 10.6 Å². The van der Waals surface area contributed by atoms with E-state index in [0.29, 0.717) is 24.6 Å². The van der Waals surface area contributed by atoms with Gasteiger partial charge in [0.2, 0.25) is 0 Å². The van der Waals surface area contributed by atoms with Gasteiger partial charge in [-0.05, 0) is 17.5 Å². The third kappa shape index (κ3) is 3.58. The van der Waals surface area contributed by atoms with E-state index in [-0.39, 0.29) is 5.82 Å². The van der Waals surface area contributed by atoms with Gasteiger partial charge in [-0.15, -0.1) is 0 Å². The number of nitrogens with zero attached hydrogens (tertiary/aromatic N) is 2. The predicted molar refractivity (Wildman–Crippen MR) is 74.0 cm³/mol. The summed E-state index contributed by atoms with van der Waals surface area (Å²) >= 11 is 1.20. The molecule has 4 N–H and O–H groups in total. The van der Waals surface area contributed by atoms with Gasteiger partial charge < -0.3 is 21.1 Å². The first kappa shape index (κ1) is 14.7. The molecule has 0 radical (unpaired) electrons. The summed E-state index contributed by atoms with van der Waals surface area (Å²) in [6.45, 7) is 6.26. The molecule has 1 rings (SSSR count). The maximum atomic E-state index is 11.4. The molecule has 102 valence electrons. The minimum absolute atomic E-state index is 0.202. The van der Waals surface area contributed by atoms with Crippen LogP contribution in [-0.4, -0.2) is 37.1 Å². The number of carbonyl (C=O) groups excluding carboxylic acids is 1. The largest absolute Gasteiger partial charge is 0.383 e. The second-order valence-electron chi connectivity index (χ2n) is 4.44. The Morgan fingerprint density at radius 3 is 2.72 bits per heavy atom. The van der Waals surface area contributed by atoms with Gasteiger partial charge in [0.05, 0.1) is 6.61 Å². The molecule has 0 saturated carbocycles. The molecule has 0 spiro atoms. The topological polar surface area (TPSA) is 94.5 Å². The van der Waals surface area contributed by atoms with E-state index in [9.17, 15) is 4.79 Å². The van der Waals surface area contributed by atoms with Crippen molar-refractivity contribution < 1.29 is 9.53 Å². The van der Waals surface area contributed by atoms with Crippen LogP contribution in [0.1, 0.15) is 24.2 Å². The molecule has 0 bridgehead atoms. The van der Waals surface area contributed by atoms with Gasteiger partial charge in [-0.25, -0.2) is 0 Å². The first-order valence-corrected chi connectivity index (χ1v) is 6.53. The van der Waals surface area contributed by atoms with E-state index in [0.717, 1.165) is 11.5 Å². The highest BCUT2D eigenvalue weighted by atomic mass is 32.1. The van der Waals surface area contributed by atoms with E-state index >= 15 is 0 Å². The second-order valence-corrected chi connectivity index (χ2v) is 5.20. The van der Waals surface area contributed by atoms with Gasteiger partial charge in [0, 0.05) is 20.2 Å². The zero-order valence-corrected chi connectivity index (χ0v) is 11.8. The quantitative estimate of drug-likeness (QED) is 0.770. The maximum absolute atomic E-state index is 11.4. The van der Waals surface area contributed by atoms with Gasteiger partial charge in [0.25, 0.3) is 5.91 Å². The van der Waals surface area contributed by atoms with Crippen molar-refractivity contribution in [3.63, 3.8) is 0 Å². The van der Waals surface area contributed by atoms with Crippen molar-refractivity contribution in [2.45, 2.75) is 13.8 Å². The smallest absolute Gasteiger partial charge is 0.255 e. The van der Waals surface area contributed by atoms with Crippen LogP contribution in [0, 0.1) is 5.92 Å². The Kier molecular flexibility index (Phi) is 5.36. The summed E-state index contributed by atoms with van der Waals surface area (Å²) in [4.78, 5) is 13.5. The number of aromatic nitrogens is 1. The van der Waals surface area contributed by atoms with E-state index in [1.807, 2.05) is 4.90 Å². The van der Waals surface area contributed by atoms with Crippen molar-refractivity contribution in [2.75, 3.05) is 37.4 Å². The van der Waals surface area contributed by atoms with E-state index < -0.39 is 5.91 Å². The maximum Gasteiger partial charge on any atom is 0.255 e. The summed E-state index contributed by atoms with van der Waals surface area (Å²) in [6, 6.07) is 0. The fraction of sp³-hybridized carbons (Fsp3) is 0.636. The Hall–Kier alpha value is -1.34. The van der Waals surface area contributed by atoms with Crippen molar-refractivity contribution >= 4 is 28.3 Å². The Balaban J connectivity index is 3.00. The first-order chi connectivity index (χ1) is 8.47. The monoisotopic (exact) mass is 272 g/mol. The number of carbonyl (C=O) groups is 1. The fourth-order valence-corrected chi connectivity index (χ4v) is 2.51. The van der Waals surface area contributed by atoms with Crippen molar-refractivity contribution in [1.82, 2.24) is 4.37 Å². The highest BCUT2D eigenvalue weighted by Crippen LogP contribution is 2.30. The molecule has 0 unspecified atom stereocenters. The van der Waals surface area contributed by atoms with Crippen LogP contribution in [0.4, 0.5) is 10.8 Å². The number of rotatable bonds is 7. The third-order valence-corrected chi connectivity index (χ3v) is 3.31. The number of nitrogens with two attached hydrogens (primary N) is 2. The normalized spacial score (nSPS) is 10.9. The number of ether oxygens (including phenoxy) is 1. The molecule has 1 heterocycles. The van der Waals surface area contributed by atoms with Crippen molar-refractivity contribution in [3.05, 3.63) is 5.56 Å². The van der Waals surface area contributed by atoms with Crippen LogP contribution in [0.5, 0.6) is 0 Å². The molecule has 1 aromatic heterocycles. The van der Waals surface area contributed by atoms with Crippen molar-refractivity contribution in [1.29, 1.82) is 0 Å². The highest BCUT2D eigenvalue weighted by molar-refractivity contribution is 7.11.